The van der Waals surface area contributed by atoms with E-state index in [0.717, 1.165) is 17.7 Å². The number of ether oxygens (including phenoxy) is 1. The van der Waals surface area contributed by atoms with Gasteiger partial charge < -0.3 is 4.74 Å². The molecule has 1 heterocycles. The predicted octanol–water partition coefficient (Wildman–Crippen LogP) is 0.992. The summed E-state index contributed by atoms with van der Waals surface area (Å²) in [4.78, 5) is 4.53. The van der Waals surface area contributed by atoms with Crippen LogP contribution in [0.2, 0.25) is 0 Å². The van der Waals surface area contributed by atoms with Crippen molar-refractivity contribution in [2.75, 3.05) is 6.26 Å². The zero-order valence-electron chi connectivity index (χ0n) is 8.71. The Kier molecular flexibility index (Phi) is 3.09. The molecule has 1 aliphatic rings. The molecule has 1 fully saturated rings. The molecule has 5 nitrogen and oxygen atoms in total. The average molecular weight is 260 g/mol. The number of sulfonamides is 1. The van der Waals surface area contributed by atoms with Gasteiger partial charge in [0.2, 0.25) is 5.03 Å². The number of hydrogen-bond donors (Lipinski definition) is 1. The Labute approximate surface area is 98.4 Å². The van der Waals surface area contributed by atoms with Crippen molar-refractivity contribution >= 4 is 21.8 Å². The van der Waals surface area contributed by atoms with Crippen molar-refractivity contribution in [1.29, 1.82) is 0 Å². The van der Waals surface area contributed by atoms with Crippen molar-refractivity contribution in [1.82, 2.24) is 4.98 Å². The molecule has 1 aliphatic carbocycles. The summed E-state index contributed by atoms with van der Waals surface area (Å²) in [6, 6.07) is 1.72. The summed E-state index contributed by atoms with van der Waals surface area (Å²) >= 11 is 1.41. The van der Waals surface area contributed by atoms with Crippen LogP contribution in [0.1, 0.15) is 12.8 Å². The molecular weight excluding hydrogens is 248 g/mol. The van der Waals surface area contributed by atoms with Crippen molar-refractivity contribution < 1.29 is 13.2 Å². The third-order valence-electron chi connectivity index (χ3n) is 2.13. The number of pyridine rings is 1. The van der Waals surface area contributed by atoms with Crippen molar-refractivity contribution in [3.05, 3.63) is 12.3 Å². The van der Waals surface area contributed by atoms with Crippen LogP contribution in [-0.4, -0.2) is 25.8 Å². The van der Waals surface area contributed by atoms with E-state index < -0.39 is 10.0 Å². The molecule has 0 aliphatic heterocycles. The van der Waals surface area contributed by atoms with Crippen LogP contribution in [0.5, 0.6) is 5.75 Å². The monoisotopic (exact) mass is 260 g/mol. The fourth-order valence-electron chi connectivity index (χ4n) is 1.24. The maximum atomic E-state index is 11.3. The minimum atomic E-state index is -3.83. The lowest BCUT2D eigenvalue weighted by atomic mass is 10.4. The van der Waals surface area contributed by atoms with Crippen molar-refractivity contribution in [3.63, 3.8) is 0 Å². The molecule has 0 aromatic carbocycles. The van der Waals surface area contributed by atoms with Gasteiger partial charge in [-0.2, -0.15) is 0 Å². The molecule has 0 saturated heterocycles. The zero-order chi connectivity index (χ0) is 11.8. The van der Waals surface area contributed by atoms with Gasteiger partial charge in [0.25, 0.3) is 10.0 Å². The molecule has 0 spiro atoms. The summed E-state index contributed by atoms with van der Waals surface area (Å²) in [5.41, 5.74) is 0. The smallest absolute Gasteiger partial charge is 0.259 e. The number of nitrogens with two attached hydrogens (primary N) is 1. The van der Waals surface area contributed by atoms with Crippen molar-refractivity contribution in [2.45, 2.75) is 28.9 Å². The predicted molar refractivity (Wildman–Crippen MR) is 61.0 cm³/mol. The second-order valence-electron chi connectivity index (χ2n) is 3.51. The lowest BCUT2D eigenvalue weighted by Gasteiger charge is -2.11. The van der Waals surface area contributed by atoms with E-state index in [2.05, 4.69) is 4.98 Å². The second kappa shape index (κ2) is 4.23. The van der Waals surface area contributed by atoms with Gasteiger partial charge in [0.05, 0.1) is 11.0 Å². The molecule has 0 amide bonds. The van der Waals surface area contributed by atoms with E-state index in [9.17, 15) is 8.42 Å². The van der Waals surface area contributed by atoms with Crippen LogP contribution in [0.15, 0.2) is 22.2 Å². The van der Waals surface area contributed by atoms with Gasteiger partial charge in [0, 0.05) is 6.20 Å². The van der Waals surface area contributed by atoms with Crippen LogP contribution in [-0.2, 0) is 10.0 Å². The normalized spacial score (nSPS) is 16.1. The summed E-state index contributed by atoms with van der Waals surface area (Å²) in [7, 11) is -3.83. The molecule has 2 rings (SSSR count). The third-order valence-corrected chi connectivity index (χ3v) is 3.73. The van der Waals surface area contributed by atoms with Gasteiger partial charge in [-0.1, -0.05) is 0 Å². The SMILES string of the molecule is CSc1ccnc(S(N)(=O)=O)c1OC1CC1. The number of nitrogens with zero attached hydrogens (tertiary/aromatic N) is 1. The van der Waals surface area contributed by atoms with Gasteiger partial charge in [-0.05, 0) is 25.2 Å². The molecule has 88 valence electrons. The molecule has 1 aromatic heterocycles. The first kappa shape index (κ1) is 11.7. The first-order valence-corrected chi connectivity index (χ1v) is 7.52. The molecule has 1 saturated carbocycles. The summed E-state index contributed by atoms with van der Waals surface area (Å²) < 4.78 is 28.3. The van der Waals surface area contributed by atoms with E-state index in [0.29, 0.717) is 5.75 Å². The van der Waals surface area contributed by atoms with E-state index >= 15 is 0 Å². The average Bonchev–Trinajstić information content (AvgIpc) is 3.00. The molecule has 7 heteroatoms. The maximum absolute atomic E-state index is 11.3. The Morgan fingerprint density at radius 3 is 2.75 bits per heavy atom. The Morgan fingerprint density at radius 2 is 2.25 bits per heavy atom. The van der Waals surface area contributed by atoms with Crippen molar-refractivity contribution in [2.24, 2.45) is 5.14 Å². The number of thioether (sulfide) groups is 1. The Balaban J connectivity index is 2.49. The van der Waals surface area contributed by atoms with Gasteiger partial charge in [-0.15, -0.1) is 11.8 Å². The highest BCUT2D eigenvalue weighted by Crippen LogP contribution is 2.36. The zero-order valence-corrected chi connectivity index (χ0v) is 10.3. The molecule has 0 atom stereocenters. The quantitative estimate of drug-likeness (QED) is 0.816. The molecule has 0 unspecified atom stereocenters. The molecule has 2 N–H and O–H groups in total. The standard InChI is InChI=1S/C9H12N2O3S2/c1-15-7-4-5-11-9(16(10,12)13)8(7)14-6-2-3-6/h4-6H,2-3H2,1H3,(H2,10,12,13). The molecule has 0 bridgehead atoms. The molecule has 16 heavy (non-hydrogen) atoms. The lowest BCUT2D eigenvalue weighted by Crippen LogP contribution is -2.16. The number of primary sulfonamides is 1. The van der Waals surface area contributed by atoms with E-state index in [-0.39, 0.29) is 11.1 Å². The van der Waals surface area contributed by atoms with Crippen LogP contribution >= 0.6 is 11.8 Å². The number of aromatic nitrogens is 1. The molecule has 0 radical (unpaired) electrons. The topological polar surface area (TPSA) is 82.3 Å². The van der Waals surface area contributed by atoms with Crippen LogP contribution in [0.3, 0.4) is 0 Å². The lowest BCUT2D eigenvalue weighted by molar-refractivity contribution is 0.284. The first-order chi connectivity index (χ1) is 7.52. The molecule has 1 aromatic rings. The second-order valence-corrected chi connectivity index (χ2v) is 5.83. The fourth-order valence-corrected chi connectivity index (χ4v) is 2.45. The summed E-state index contributed by atoms with van der Waals surface area (Å²) in [6.07, 6.45) is 5.28. The van der Waals surface area contributed by atoms with E-state index in [4.69, 9.17) is 9.88 Å². The van der Waals surface area contributed by atoms with E-state index in [1.54, 1.807) is 6.07 Å². The highest BCUT2D eigenvalue weighted by molar-refractivity contribution is 7.98. The van der Waals surface area contributed by atoms with E-state index in [1.165, 1.54) is 18.0 Å². The Morgan fingerprint density at radius 1 is 1.56 bits per heavy atom. The first-order valence-electron chi connectivity index (χ1n) is 4.75. The van der Waals surface area contributed by atoms with Crippen LogP contribution < -0.4 is 9.88 Å². The van der Waals surface area contributed by atoms with Gasteiger partial charge in [0.1, 0.15) is 0 Å². The third kappa shape index (κ3) is 2.47. The summed E-state index contributed by atoms with van der Waals surface area (Å²) in [5.74, 6) is 0.292. The van der Waals surface area contributed by atoms with Crippen LogP contribution in [0.25, 0.3) is 0 Å². The van der Waals surface area contributed by atoms with Gasteiger partial charge in [-0.3, -0.25) is 0 Å². The van der Waals surface area contributed by atoms with Gasteiger partial charge in [-0.25, -0.2) is 18.5 Å². The number of hydrogen-bond acceptors (Lipinski definition) is 5. The van der Waals surface area contributed by atoms with Gasteiger partial charge >= 0.3 is 0 Å². The van der Waals surface area contributed by atoms with E-state index in [1.807, 2.05) is 6.26 Å². The van der Waals surface area contributed by atoms with Gasteiger partial charge in [0.15, 0.2) is 5.75 Å². The largest absolute Gasteiger partial charge is 0.486 e. The molecular formula is C9H12N2O3S2. The maximum Gasteiger partial charge on any atom is 0.259 e. The van der Waals surface area contributed by atoms with Crippen LogP contribution in [0, 0.1) is 0 Å². The number of rotatable bonds is 4. The minimum Gasteiger partial charge on any atom is -0.486 e. The Hall–Kier alpha value is -0.790. The summed E-state index contributed by atoms with van der Waals surface area (Å²) in [6.45, 7) is 0. The Bertz CT molecular complexity index is 497. The van der Waals surface area contributed by atoms with Crippen LogP contribution in [0.4, 0.5) is 0 Å². The summed E-state index contributed by atoms with van der Waals surface area (Å²) in [5, 5.41) is 4.92. The fraction of sp³-hybridized carbons (Fsp3) is 0.444. The van der Waals surface area contributed by atoms with Crippen molar-refractivity contribution in [3.8, 4) is 5.75 Å². The highest BCUT2D eigenvalue weighted by Gasteiger charge is 2.29. The highest BCUT2D eigenvalue weighted by atomic mass is 32.2. The minimum absolute atomic E-state index is 0.107.